The number of hydrogen-bond donors (Lipinski definition) is 0. The molecular formula is C9H10ClO. The van der Waals surface area contributed by atoms with Crippen molar-refractivity contribution in [2.24, 2.45) is 0 Å². The summed E-state index contributed by atoms with van der Waals surface area (Å²) in [6, 6.07) is 7.65. The van der Waals surface area contributed by atoms with Crippen LogP contribution in [0.3, 0.4) is 0 Å². The monoisotopic (exact) mass is 169 g/mol. The summed E-state index contributed by atoms with van der Waals surface area (Å²) in [6.07, 6.45) is 2.00. The molecule has 1 rings (SSSR count). The molecular weight excluding hydrogens is 160 g/mol. The van der Waals surface area contributed by atoms with E-state index in [4.69, 9.17) is 16.3 Å². The van der Waals surface area contributed by atoms with Crippen molar-refractivity contribution in [3.05, 3.63) is 41.3 Å². The fraction of sp³-hybridized carbons (Fsp3) is 0.222. The molecule has 0 bridgehead atoms. The molecule has 1 aromatic rings. The Labute approximate surface area is 71.9 Å². The van der Waals surface area contributed by atoms with Crippen LogP contribution in [-0.2, 0) is 4.74 Å². The van der Waals surface area contributed by atoms with Crippen LogP contribution < -0.4 is 0 Å². The highest BCUT2D eigenvalue weighted by Crippen LogP contribution is 2.10. The Morgan fingerprint density at radius 1 is 1.36 bits per heavy atom. The second-order valence-corrected chi connectivity index (χ2v) is 2.65. The smallest absolute Gasteiger partial charge is 0.0537 e. The van der Waals surface area contributed by atoms with Gasteiger partial charge in [0.1, 0.15) is 0 Å². The molecule has 0 heterocycles. The third-order valence-corrected chi connectivity index (χ3v) is 1.61. The Bertz CT molecular complexity index is 205. The molecule has 0 amide bonds. The zero-order valence-electron chi connectivity index (χ0n) is 6.38. The first-order valence-corrected chi connectivity index (χ1v) is 3.78. The number of rotatable bonds is 3. The van der Waals surface area contributed by atoms with Crippen LogP contribution >= 0.6 is 11.6 Å². The Balaban J connectivity index is 2.52. The predicted molar refractivity (Wildman–Crippen MR) is 46.7 cm³/mol. The molecule has 1 nitrogen and oxygen atoms in total. The minimum absolute atomic E-state index is 0.641. The van der Waals surface area contributed by atoms with E-state index < -0.39 is 0 Å². The highest BCUT2D eigenvalue weighted by atomic mass is 35.5. The van der Waals surface area contributed by atoms with Gasteiger partial charge in [-0.3, -0.25) is 0 Å². The number of hydrogen-bond acceptors (Lipinski definition) is 1. The average Bonchev–Trinajstić information content (AvgIpc) is 2.04. The van der Waals surface area contributed by atoms with Crippen molar-refractivity contribution in [2.45, 2.75) is 0 Å². The van der Waals surface area contributed by atoms with Gasteiger partial charge in [0, 0.05) is 18.6 Å². The lowest BCUT2D eigenvalue weighted by Gasteiger charge is -1.98. The van der Waals surface area contributed by atoms with Crippen LogP contribution in [0.1, 0.15) is 5.56 Å². The summed E-state index contributed by atoms with van der Waals surface area (Å²) in [5.74, 6) is 0. The number of ether oxygens (including phenoxy) is 1. The molecule has 0 aliphatic rings. The topological polar surface area (TPSA) is 9.23 Å². The van der Waals surface area contributed by atoms with Crippen LogP contribution in [0, 0.1) is 6.42 Å². The van der Waals surface area contributed by atoms with E-state index in [0.29, 0.717) is 6.61 Å². The van der Waals surface area contributed by atoms with Crippen molar-refractivity contribution in [2.75, 3.05) is 13.7 Å². The van der Waals surface area contributed by atoms with Crippen molar-refractivity contribution in [1.82, 2.24) is 0 Å². The first-order valence-electron chi connectivity index (χ1n) is 3.40. The summed E-state index contributed by atoms with van der Waals surface area (Å²) in [7, 11) is 1.67. The fourth-order valence-electron chi connectivity index (χ4n) is 0.778. The molecule has 1 radical (unpaired) electrons. The maximum absolute atomic E-state index is 5.70. The molecule has 1 aromatic carbocycles. The standard InChI is InChI=1S/C9H10ClO/c1-11-7-6-8-2-4-9(10)5-3-8/h2-6H,7H2,1H3. The van der Waals surface area contributed by atoms with Gasteiger partial charge in [0.25, 0.3) is 0 Å². The van der Waals surface area contributed by atoms with Crippen LogP contribution in [0.5, 0.6) is 0 Å². The van der Waals surface area contributed by atoms with Crippen molar-refractivity contribution in [3.63, 3.8) is 0 Å². The minimum Gasteiger partial charge on any atom is -0.384 e. The van der Waals surface area contributed by atoms with Crippen molar-refractivity contribution in [3.8, 4) is 0 Å². The molecule has 59 valence electrons. The highest BCUT2D eigenvalue weighted by Gasteiger charge is 1.91. The van der Waals surface area contributed by atoms with E-state index in [1.54, 1.807) is 7.11 Å². The van der Waals surface area contributed by atoms with Gasteiger partial charge >= 0.3 is 0 Å². The van der Waals surface area contributed by atoms with Crippen molar-refractivity contribution >= 4 is 11.6 Å². The molecule has 0 saturated heterocycles. The minimum atomic E-state index is 0.641. The van der Waals surface area contributed by atoms with Gasteiger partial charge in [-0.1, -0.05) is 23.7 Å². The molecule has 11 heavy (non-hydrogen) atoms. The second-order valence-electron chi connectivity index (χ2n) is 2.21. The van der Waals surface area contributed by atoms with Crippen LogP contribution in [0.2, 0.25) is 5.02 Å². The Morgan fingerprint density at radius 2 is 2.00 bits per heavy atom. The van der Waals surface area contributed by atoms with Crippen LogP contribution in [-0.4, -0.2) is 13.7 Å². The molecule has 2 heteroatoms. The molecule has 0 aliphatic heterocycles. The summed E-state index contributed by atoms with van der Waals surface area (Å²) >= 11 is 5.70. The summed E-state index contributed by atoms with van der Waals surface area (Å²) < 4.78 is 4.89. The molecule has 0 aromatic heterocycles. The van der Waals surface area contributed by atoms with Crippen molar-refractivity contribution in [1.29, 1.82) is 0 Å². The third-order valence-electron chi connectivity index (χ3n) is 1.36. The summed E-state index contributed by atoms with van der Waals surface area (Å²) in [4.78, 5) is 0. The summed E-state index contributed by atoms with van der Waals surface area (Å²) in [6.45, 7) is 0.641. The zero-order valence-corrected chi connectivity index (χ0v) is 7.14. The van der Waals surface area contributed by atoms with E-state index in [1.807, 2.05) is 30.7 Å². The molecule has 0 spiro atoms. The van der Waals surface area contributed by atoms with Gasteiger partial charge in [-0.15, -0.1) is 0 Å². The van der Waals surface area contributed by atoms with E-state index in [1.165, 1.54) is 0 Å². The maximum atomic E-state index is 5.70. The van der Waals surface area contributed by atoms with E-state index >= 15 is 0 Å². The molecule has 0 atom stereocenters. The van der Waals surface area contributed by atoms with E-state index in [9.17, 15) is 0 Å². The molecule has 0 N–H and O–H groups in total. The normalized spacial score (nSPS) is 10.0. The van der Waals surface area contributed by atoms with Gasteiger partial charge in [-0.05, 0) is 17.7 Å². The molecule has 0 unspecified atom stereocenters. The fourth-order valence-corrected chi connectivity index (χ4v) is 0.904. The summed E-state index contributed by atoms with van der Waals surface area (Å²) in [5.41, 5.74) is 1.14. The van der Waals surface area contributed by atoms with E-state index in [0.717, 1.165) is 10.6 Å². The Hall–Kier alpha value is -0.530. The van der Waals surface area contributed by atoms with Crippen LogP contribution in [0.15, 0.2) is 24.3 Å². The molecule has 0 aliphatic carbocycles. The van der Waals surface area contributed by atoms with Gasteiger partial charge in [-0.2, -0.15) is 0 Å². The number of halogens is 1. The lowest BCUT2D eigenvalue weighted by molar-refractivity contribution is 0.225. The molecule has 0 fully saturated rings. The van der Waals surface area contributed by atoms with Crippen LogP contribution in [0.4, 0.5) is 0 Å². The second kappa shape index (κ2) is 4.37. The third kappa shape index (κ3) is 2.91. The van der Waals surface area contributed by atoms with Crippen molar-refractivity contribution < 1.29 is 4.74 Å². The quantitative estimate of drug-likeness (QED) is 0.676. The Kier molecular flexibility index (Phi) is 3.40. The SMILES string of the molecule is COC[CH]c1ccc(Cl)cc1. The largest absolute Gasteiger partial charge is 0.384 e. The van der Waals surface area contributed by atoms with Gasteiger partial charge < -0.3 is 4.74 Å². The van der Waals surface area contributed by atoms with Gasteiger partial charge in [0.15, 0.2) is 0 Å². The van der Waals surface area contributed by atoms with Gasteiger partial charge in [-0.25, -0.2) is 0 Å². The number of benzene rings is 1. The van der Waals surface area contributed by atoms with E-state index in [2.05, 4.69) is 0 Å². The van der Waals surface area contributed by atoms with Gasteiger partial charge in [0.2, 0.25) is 0 Å². The lowest BCUT2D eigenvalue weighted by Crippen LogP contribution is -1.90. The maximum Gasteiger partial charge on any atom is 0.0537 e. The average molecular weight is 170 g/mol. The van der Waals surface area contributed by atoms with Gasteiger partial charge in [0.05, 0.1) is 6.61 Å². The van der Waals surface area contributed by atoms with E-state index in [-0.39, 0.29) is 0 Å². The lowest BCUT2D eigenvalue weighted by atomic mass is 10.2. The number of methoxy groups -OCH3 is 1. The van der Waals surface area contributed by atoms with Crippen LogP contribution in [0.25, 0.3) is 0 Å². The molecule has 0 saturated carbocycles. The Morgan fingerprint density at radius 3 is 2.55 bits per heavy atom. The first-order chi connectivity index (χ1) is 5.33. The predicted octanol–water partition coefficient (Wildman–Crippen LogP) is 2.54. The zero-order chi connectivity index (χ0) is 8.10. The summed E-state index contributed by atoms with van der Waals surface area (Å²) in [5, 5.41) is 0.763. The highest BCUT2D eigenvalue weighted by molar-refractivity contribution is 6.30. The first kappa shape index (κ1) is 8.57.